The van der Waals surface area contributed by atoms with Crippen LogP contribution < -0.4 is 0 Å². The summed E-state index contributed by atoms with van der Waals surface area (Å²) in [5, 5.41) is 0. The van der Waals surface area contributed by atoms with Crippen molar-refractivity contribution in [2.45, 2.75) is 25.7 Å². The van der Waals surface area contributed by atoms with Crippen LogP contribution in [-0.2, 0) is 4.79 Å². The Labute approximate surface area is 92.3 Å². The number of ketones is 1. The Hall–Kier alpha value is -0.630. The van der Waals surface area contributed by atoms with Crippen molar-refractivity contribution >= 4 is 5.78 Å². The van der Waals surface area contributed by atoms with E-state index in [1.165, 1.54) is 19.3 Å². The van der Waals surface area contributed by atoms with Crippen molar-refractivity contribution < 1.29 is 4.79 Å². The summed E-state index contributed by atoms with van der Waals surface area (Å²) in [4.78, 5) is 14.2. The highest BCUT2D eigenvalue weighted by Gasteiger charge is 2.48. The Morgan fingerprint density at radius 3 is 2.93 bits per heavy atom. The fourth-order valence-corrected chi connectivity index (χ4v) is 3.35. The zero-order chi connectivity index (χ0) is 11.1. The van der Waals surface area contributed by atoms with Gasteiger partial charge in [-0.3, -0.25) is 4.79 Å². The van der Waals surface area contributed by atoms with Crippen LogP contribution in [0.5, 0.6) is 0 Å². The molecule has 15 heavy (non-hydrogen) atoms. The summed E-state index contributed by atoms with van der Waals surface area (Å²) in [6.45, 7) is 4.84. The van der Waals surface area contributed by atoms with Crippen LogP contribution in [0.15, 0.2) is 12.7 Å². The van der Waals surface area contributed by atoms with E-state index in [1.807, 2.05) is 6.08 Å². The van der Waals surface area contributed by atoms with Crippen LogP contribution >= 0.6 is 0 Å². The topological polar surface area (TPSA) is 20.3 Å². The maximum Gasteiger partial charge on any atom is 0.138 e. The fraction of sp³-hybridized carbons (Fsp3) is 0.769. The number of hydrogen-bond donors (Lipinski definition) is 0. The highest BCUT2D eigenvalue weighted by molar-refractivity contribution is 5.83. The maximum atomic E-state index is 12.1. The van der Waals surface area contributed by atoms with Crippen LogP contribution in [0.3, 0.4) is 0 Å². The molecule has 2 rings (SSSR count). The van der Waals surface area contributed by atoms with Gasteiger partial charge in [-0.15, -0.1) is 6.58 Å². The number of carbonyl (C=O) groups excluding carboxylic acids is 1. The molecule has 84 valence electrons. The van der Waals surface area contributed by atoms with E-state index in [-0.39, 0.29) is 11.3 Å². The van der Waals surface area contributed by atoms with Crippen molar-refractivity contribution in [1.82, 2.24) is 4.90 Å². The standard InChI is InChI=1S/C13H21NO/c1-4-13-6-5-10(7-13)11(9-14(2)3)12(15)8-13/h4,10-11H,1,5-9H2,2-3H3. The quantitative estimate of drug-likeness (QED) is 0.661. The molecule has 2 nitrogen and oxygen atoms in total. The van der Waals surface area contributed by atoms with Gasteiger partial charge in [0.2, 0.25) is 0 Å². The molecule has 0 spiro atoms. The van der Waals surface area contributed by atoms with Gasteiger partial charge in [-0.25, -0.2) is 0 Å². The number of nitrogens with zero attached hydrogens (tertiary/aromatic N) is 1. The average molecular weight is 207 g/mol. The SMILES string of the molecule is C=CC12CCC(C1)C(CN(C)C)C(=O)C2. The largest absolute Gasteiger partial charge is 0.309 e. The minimum absolute atomic E-state index is 0.171. The first kappa shape index (κ1) is 10.9. The van der Waals surface area contributed by atoms with Gasteiger partial charge < -0.3 is 4.90 Å². The Kier molecular flexibility index (Phi) is 2.72. The Morgan fingerprint density at radius 2 is 2.33 bits per heavy atom. The molecule has 0 aromatic rings. The number of Topliss-reactive ketones (excluding diaryl/α,β-unsaturated/α-hetero) is 1. The van der Waals surface area contributed by atoms with Gasteiger partial charge >= 0.3 is 0 Å². The smallest absolute Gasteiger partial charge is 0.138 e. The number of rotatable bonds is 3. The molecule has 0 aromatic carbocycles. The van der Waals surface area contributed by atoms with E-state index in [2.05, 4.69) is 25.6 Å². The molecule has 2 aliphatic carbocycles. The first-order valence-corrected chi connectivity index (χ1v) is 5.87. The van der Waals surface area contributed by atoms with E-state index in [4.69, 9.17) is 0 Å². The highest BCUT2D eigenvalue weighted by atomic mass is 16.1. The molecule has 0 aromatic heterocycles. The molecule has 2 fully saturated rings. The summed E-state index contributed by atoms with van der Waals surface area (Å²) >= 11 is 0. The van der Waals surface area contributed by atoms with Gasteiger partial charge in [0.05, 0.1) is 0 Å². The van der Waals surface area contributed by atoms with Crippen molar-refractivity contribution in [2.75, 3.05) is 20.6 Å². The zero-order valence-corrected chi connectivity index (χ0v) is 9.83. The van der Waals surface area contributed by atoms with E-state index in [9.17, 15) is 4.79 Å². The second-order valence-electron chi connectivity index (χ2n) is 5.58. The normalized spacial score (nSPS) is 39.8. The number of fused-ring (bicyclic) bond motifs is 2. The van der Waals surface area contributed by atoms with Crippen LogP contribution in [0, 0.1) is 17.3 Å². The molecule has 2 aliphatic rings. The van der Waals surface area contributed by atoms with Gasteiger partial charge in [0, 0.05) is 18.9 Å². The molecule has 0 heterocycles. The Morgan fingerprint density at radius 1 is 1.60 bits per heavy atom. The fourth-order valence-electron chi connectivity index (χ4n) is 3.35. The van der Waals surface area contributed by atoms with Crippen molar-refractivity contribution in [3.8, 4) is 0 Å². The molecular weight excluding hydrogens is 186 g/mol. The van der Waals surface area contributed by atoms with E-state index in [0.29, 0.717) is 11.7 Å². The van der Waals surface area contributed by atoms with Crippen LogP contribution in [0.1, 0.15) is 25.7 Å². The van der Waals surface area contributed by atoms with Gasteiger partial charge in [-0.1, -0.05) is 6.08 Å². The maximum absolute atomic E-state index is 12.1. The van der Waals surface area contributed by atoms with Crippen LogP contribution in [0.4, 0.5) is 0 Å². The van der Waals surface area contributed by atoms with Crippen LogP contribution in [0.25, 0.3) is 0 Å². The summed E-state index contributed by atoms with van der Waals surface area (Å²) in [5.74, 6) is 1.37. The second-order valence-corrected chi connectivity index (χ2v) is 5.58. The summed E-state index contributed by atoms with van der Waals surface area (Å²) in [5.41, 5.74) is 0.171. The third kappa shape index (κ3) is 1.87. The predicted molar refractivity (Wildman–Crippen MR) is 61.6 cm³/mol. The lowest BCUT2D eigenvalue weighted by atomic mass is 9.70. The molecule has 0 aliphatic heterocycles. The van der Waals surface area contributed by atoms with Crippen molar-refractivity contribution in [1.29, 1.82) is 0 Å². The first-order chi connectivity index (χ1) is 7.06. The van der Waals surface area contributed by atoms with E-state index in [1.54, 1.807) is 0 Å². The molecule has 2 bridgehead atoms. The first-order valence-electron chi connectivity index (χ1n) is 5.87. The van der Waals surface area contributed by atoms with Crippen molar-refractivity contribution in [2.24, 2.45) is 17.3 Å². The molecule has 2 heteroatoms. The number of hydrogen-bond acceptors (Lipinski definition) is 2. The summed E-state index contributed by atoms with van der Waals surface area (Å²) in [6, 6.07) is 0. The predicted octanol–water partition coefficient (Wildman–Crippen LogP) is 2.11. The highest BCUT2D eigenvalue weighted by Crippen LogP contribution is 2.52. The average Bonchev–Trinajstić information content (AvgIpc) is 2.53. The number of carbonyl (C=O) groups is 1. The minimum atomic E-state index is 0.171. The molecule has 0 radical (unpaired) electrons. The monoisotopic (exact) mass is 207 g/mol. The second kappa shape index (κ2) is 3.75. The van der Waals surface area contributed by atoms with Crippen molar-refractivity contribution in [3.63, 3.8) is 0 Å². The molecule has 0 N–H and O–H groups in total. The van der Waals surface area contributed by atoms with Gasteiger partial charge in [0.25, 0.3) is 0 Å². The van der Waals surface area contributed by atoms with E-state index < -0.39 is 0 Å². The Bertz CT molecular complexity index is 284. The van der Waals surface area contributed by atoms with E-state index >= 15 is 0 Å². The summed E-state index contributed by atoms with van der Waals surface area (Å²) < 4.78 is 0. The minimum Gasteiger partial charge on any atom is -0.309 e. The molecular formula is C13H21NO. The Balaban J connectivity index is 2.12. The zero-order valence-electron chi connectivity index (χ0n) is 9.83. The van der Waals surface area contributed by atoms with Crippen LogP contribution in [0.2, 0.25) is 0 Å². The summed E-state index contributed by atoms with van der Waals surface area (Å²) in [6.07, 6.45) is 6.37. The lowest BCUT2D eigenvalue weighted by molar-refractivity contribution is -0.128. The molecule has 3 atom stereocenters. The third-order valence-electron chi connectivity index (χ3n) is 4.19. The molecule has 0 saturated heterocycles. The molecule has 0 amide bonds. The van der Waals surface area contributed by atoms with Crippen LogP contribution in [-0.4, -0.2) is 31.3 Å². The lowest BCUT2D eigenvalue weighted by Crippen LogP contribution is -2.38. The lowest BCUT2D eigenvalue weighted by Gasteiger charge is -2.35. The summed E-state index contributed by atoms with van der Waals surface area (Å²) in [7, 11) is 4.11. The van der Waals surface area contributed by atoms with Gasteiger partial charge in [-0.05, 0) is 44.7 Å². The molecule has 2 saturated carbocycles. The molecule has 3 unspecified atom stereocenters. The van der Waals surface area contributed by atoms with Gasteiger partial charge in [-0.2, -0.15) is 0 Å². The van der Waals surface area contributed by atoms with Crippen molar-refractivity contribution in [3.05, 3.63) is 12.7 Å². The third-order valence-corrected chi connectivity index (χ3v) is 4.19. The number of allylic oxidation sites excluding steroid dienone is 1. The van der Waals surface area contributed by atoms with E-state index in [0.717, 1.165) is 13.0 Å². The van der Waals surface area contributed by atoms with Gasteiger partial charge in [0.15, 0.2) is 0 Å². The van der Waals surface area contributed by atoms with Gasteiger partial charge in [0.1, 0.15) is 5.78 Å².